The molecule has 1 N–H and O–H groups in total. The first kappa shape index (κ1) is 31.1. The average molecular weight is 603 g/mol. The highest BCUT2D eigenvalue weighted by Crippen LogP contribution is 2.45. The van der Waals surface area contributed by atoms with E-state index in [4.69, 9.17) is 14.3 Å². The minimum Gasteiger partial charge on any atom is -0.488 e. The summed E-state index contributed by atoms with van der Waals surface area (Å²) >= 11 is 1.03. The number of carbonyl (C=O) groups is 2. The van der Waals surface area contributed by atoms with Crippen LogP contribution >= 0.6 is 11.8 Å². The minimum atomic E-state index is -0.473. The summed E-state index contributed by atoms with van der Waals surface area (Å²) in [6, 6.07) is 19.9. The normalized spacial score (nSPS) is 20.6. The van der Waals surface area contributed by atoms with E-state index in [1.165, 1.54) is 5.56 Å². The predicted molar refractivity (Wildman–Crippen MR) is 171 cm³/mol. The predicted octanol–water partition coefficient (Wildman–Crippen LogP) is 6.88. The first-order valence-corrected chi connectivity index (χ1v) is 16.0. The Labute approximate surface area is 259 Å². The van der Waals surface area contributed by atoms with Crippen molar-refractivity contribution in [1.29, 1.82) is 0 Å². The Morgan fingerprint density at radius 2 is 1.67 bits per heavy atom. The van der Waals surface area contributed by atoms with Crippen LogP contribution in [0.25, 0.3) is 0 Å². The monoisotopic (exact) mass is 602 g/mol. The Morgan fingerprint density at radius 1 is 1.00 bits per heavy atom. The van der Waals surface area contributed by atoms with E-state index in [0.29, 0.717) is 19.4 Å². The van der Waals surface area contributed by atoms with Gasteiger partial charge in [0.15, 0.2) is 0 Å². The van der Waals surface area contributed by atoms with Crippen LogP contribution in [0.3, 0.4) is 0 Å². The number of thioether (sulfide) groups is 1. The van der Waals surface area contributed by atoms with E-state index < -0.39 is 10.9 Å². The molecule has 228 valence electrons. The molecule has 3 unspecified atom stereocenters. The number of fused-ring (bicyclic) bond motifs is 1. The summed E-state index contributed by atoms with van der Waals surface area (Å²) < 4.78 is 13.1. The topological polar surface area (TPSA) is 77.1 Å². The largest absolute Gasteiger partial charge is 0.488 e. The van der Waals surface area contributed by atoms with Crippen molar-refractivity contribution in [1.82, 2.24) is 10.4 Å². The molecule has 8 heteroatoms. The van der Waals surface area contributed by atoms with E-state index in [1.807, 2.05) is 55.5 Å². The summed E-state index contributed by atoms with van der Waals surface area (Å²) in [7, 11) is 0. The lowest BCUT2D eigenvalue weighted by Gasteiger charge is -2.40. The van der Waals surface area contributed by atoms with E-state index in [-0.39, 0.29) is 23.8 Å². The van der Waals surface area contributed by atoms with Crippen LogP contribution in [0.1, 0.15) is 60.1 Å². The van der Waals surface area contributed by atoms with Crippen LogP contribution < -0.4 is 14.8 Å². The van der Waals surface area contributed by atoms with E-state index in [0.717, 1.165) is 75.5 Å². The molecule has 0 aromatic heterocycles. The molecule has 0 aliphatic carbocycles. The molecule has 0 bridgehead atoms. The lowest BCUT2D eigenvalue weighted by Crippen LogP contribution is -2.47. The highest BCUT2D eigenvalue weighted by atomic mass is 32.2. The number of carbonyl (C=O) groups excluding carboxylic acids is 2. The molecule has 43 heavy (non-hydrogen) atoms. The number of nitrogens with one attached hydrogen (secondary N) is 1. The van der Waals surface area contributed by atoms with Gasteiger partial charge < -0.3 is 14.8 Å². The zero-order chi connectivity index (χ0) is 30.6. The SMILES string of the molecule is CCNC(CON1C(=O)SC(Cc2ccccc2)C1=O)CC1(C)CCc2c(C)c(OCc3ccccc3)c(C)c(C)c2O1. The van der Waals surface area contributed by atoms with Crippen LogP contribution in [0.5, 0.6) is 11.5 Å². The second-order valence-corrected chi connectivity index (χ2v) is 12.9. The minimum absolute atomic E-state index is 0.105. The lowest BCUT2D eigenvalue weighted by molar-refractivity contribution is -0.166. The Morgan fingerprint density at radius 3 is 2.35 bits per heavy atom. The third-order valence-electron chi connectivity index (χ3n) is 8.51. The highest BCUT2D eigenvalue weighted by Gasteiger charge is 2.42. The number of imide groups is 1. The van der Waals surface area contributed by atoms with Gasteiger partial charge in [0.2, 0.25) is 0 Å². The van der Waals surface area contributed by atoms with Crippen LogP contribution in [-0.2, 0) is 29.1 Å². The fraction of sp³-hybridized carbons (Fsp3) is 0.429. The molecule has 0 saturated carbocycles. The van der Waals surface area contributed by atoms with Gasteiger partial charge in [-0.15, -0.1) is 5.06 Å². The number of hydrogen-bond donors (Lipinski definition) is 1. The smallest absolute Gasteiger partial charge is 0.313 e. The molecule has 1 fully saturated rings. The van der Waals surface area contributed by atoms with Crippen LogP contribution in [0.15, 0.2) is 60.7 Å². The van der Waals surface area contributed by atoms with E-state index in [1.54, 1.807) is 0 Å². The zero-order valence-electron chi connectivity index (χ0n) is 25.8. The van der Waals surface area contributed by atoms with Crippen molar-refractivity contribution in [3.05, 3.63) is 94.0 Å². The van der Waals surface area contributed by atoms with Gasteiger partial charge in [-0.25, -0.2) is 0 Å². The third kappa shape index (κ3) is 7.08. The van der Waals surface area contributed by atoms with Gasteiger partial charge in [0.1, 0.15) is 23.7 Å². The molecular formula is C35H42N2O5S. The van der Waals surface area contributed by atoms with Crippen molar-refractivity contribution < 1.29 is 23.9 Å². The van der Waals surface area contributed by atoms with Crippen molar-refractivity contribution in [2.75, 3.05) is 13.2 Å². The van der Waals surface area contributed by atoms with Crippen LogP contribution in [-0.4, -0.2) is 46.3 Å². The van der Waals surface area contributed by atoms with Gasteiger partial charge in [-0.05, 0) is 93.1 Å². The first-order chi connectivity index (χ1) is 20.7. The number of hydrogen-bond acceptors (Lipinski definition) is 7. The van der Waals surface area contributed by atoms with E-state index in [9.17, 15) is 9.59 Å². The van der Waals surface area contributed by atoms with Crippen molar-refractivity contribution >= 4 is 22.9 Å². The Balaban J connectivity index is 1.24. The standard InChI is InChI=1S/C35H42N2O5S/c1-6-36-28(22-41-37-33(38)30(43-34(37)39)19-26-13-9-7-10-14-26)20-35(5)18-17-29-25(4)31(23(2)24(3)32(29)42-35)40-21-27-15-11-8-12-16-27/h7-16,28,30,36H,6,17-22H2,1-5H3. The molecule has 3 aromatic rings. The fourth-order valence-corrected chi connectivity index (χ4v) is 7.00. The van der Waals surface area contributed by atoms with Gasteiger partial charge in [0.25, 0.3) is 5.91 Å². The number of ether oxygens (including phenoxy) is 2. The van der Waals surface area contributed by atoms with Gasteiger partial charge in [-0.2, -0.15) is 0 Å². The average Bonchev–Trinajstić information content (AvgIpc) is 3.26. The van der Waals surface area contributed by atoms with Gasteiger partial charge in [0, 0.05) is 18.0 Å². The van der Waals surface area contributed by atoms with E-state index in [2.05, 4.69) is 45.1 Å². The molecule has 1 saturated heterocycles. The maximum Gasteiger partial charge on any atom is 0.313 e. The zero-order valence-corrected chi connectivity index (χ0v) is 26.6. The van der Waals surface area contributed by atoms with Crippen molar-refractivity contribution in [2.24, 2.45) is 0 Å². The summed E-state index contributed by atoms with van der Waals surface area (Å²) in [6.07, 6.45) is 2.87. The number of likely N-dealkylation sites (N-methyl/N-ethyl adjacent to an activating group) is 1. The summed E-state index contributed by atoms with van der Waals surface area (Å²) in [5, 5.41) is 3.60. The van der Waals surface area contributed by atoms with Crippen LogP contribution in [0, 0.1) is 20.8 Å². The van der Waals surface area contributed by atoms with Crippen molar-refractivity contribution in [2.45, 2.75) is 83.8 Å². The number of amides is 2. The van der Waals surface area contributed by atoms with E-state index >= 15 is 0 Å². The number of nitrogens with zero attached hydrogens (tertiary/aromatic N) is 1. The third-order valence-corrected chi connectivity index (χ3v) is 9.53. The molecule has 5 rings (SSSR count). The number of rotatable bonds is 12. The fourth-order valence-electron chi connectivity index (χ4n) is 6.05. The second kappa shape index (κ2) is 13.5. The quantitative estimate of drug-likeness (QED) is 0.242. The molecule has 3 atom stereocenters. The van der Waals surface area contributed by atoms with Crippen LogP contribution in [0.2, 0.25) is 0 Å². The Bertz CT molecular complexity index is 1450. The summed E-state index contributed by atoms with van der Waals surface area (Å²) in [5.74, 6) is 1.58. The molecule has 2 aliphatic heterocycles. The maximum atomic E-state index is 13.0. The van der Waals surface area contributed by atoms with Gasteiger partial charge in [-0.3, -0.25) is 14.4 Å². The maximum absolute atomic E-state index is 13.0. The van der Waals surface area contributed by atoms with Crippen LogP contribution in [0.4, 0.5) is 4.79 Å². The van der Waals surface area contributed by atoms with Gasteiger partial charge >= 0.3 is 5.24 Å². The first-order valence-electron chi connectivity index (χ1n) is 15.1. The Kier molecular flexibility index (Phi) is 9.79. The molecule has 2 aliphatic rings. The molecule has 0 radical (unpaired) electrons. The summed E-state index contributed by atoms with van der Waals surface area (Å²) in [6.45, 7) is 12.0. The molecule has 7 nitrogen and oxygen atoms in total. The highest BCUT2D eigenvalue weighted by molar-refractivity contribution is 8.15. The van der Waals surface area contributed by atoms with Crippen molar-refractivity contribution in [3.63, 3.8) is 0 Å². The number of hydroxylamine groups is 2. The van der Waals surface area contributed by atoms with Crippen molar-refractivity contribution in [3.8, 4) is 11.5 Å². The van der Waals surface area contributed by atoms with Gasteiger partial charge in [0.05, 0.1) is 11.9 Å². The molecule has 0 spiro atoms. The second-order valence-electron chi connectivity index (χ2n) is 11.8. The molecule has 3 aromatic carbocycles. The van der Waals surface area contributed by atoms with Gasteiger partial charge in [-0.1, -0.05) is 67.6 Å². The molecule has 2 amide bonds. The lowest BCUT2D eigenvalue weighted by atomic mass is 9.84. The summed E-state index contributed by atoms with van der Waals surface area (Å²) in [4.78, 5) is 31.6. The number of benzene rings is 3. The summed E-state index contributed by atoms with van der Waals surface area (Å²) in [5.41, 5.74) is 6.25. The molecule has 2 heterocycles. The Hall–Kier alpha value is -3.33. The molecular weight excluding hydrogens is 560 g/mol.